The van der Waals surface area contributed by atoms with Crippen molar-refractivity contribution in [3.8, 4) is 5.75 Å². The largest absolute Gasteiger partial charge is 0.479 e. The number of carboxylic acids is 1. The normalized spacial score (nSPS) is 31.2. The van der Waals surface area contributed by atoms with Gasteiger partial charge in [0, 0.05) is 20.7 Å². The first kappa shape index (κ1) is 16.5. The van der Waals surface area contributed by atoms with Crippen molar-refractivity contribution in [1.29, 1.82) is 0 Å². The molecule has 2 heterocycles. The van der Waals surface area contributed by atoms with Gasteiger partial charge in [-0.1, -0.05) is 0 Å². The molecule has 9 heteroatoms. The lowest BCUT2D eigenvalue weighted by atomic mass is 9.99. The van der Waals surface area contributed by atoms with Gasteiger partial charge in [0.15, 0.2) is 6.10 Å². The second-order valence-electron chi connectivity index (χ2n) is 5.20. The van der Waals surface area contributed by atoms with Gasteiger partial charge in [-0.25, -0.2) is 4.79 Å². The molecular formula is C14H14INO7. The average molecular weight is 435 g/mol. The molecule has 1 aliphatic heterocycles. The van der Waals surface area contributed by atoms with Gasteiger partial charge in [0.25, 0.3) is 0 Å². The number of carboxylic acid groups (broad SMARTS) is 1. The van der Waals surface area contributed by atoms with E-state index < -0.39 is 36.7 Å². The predicted octanol–water partition coefficient (Wildman–Crippen LogP) is 0.0435. The molecule has 5 N–H and O–H groups in total. The molecule has 1 saturated heterocycles. The number of aromatic amines is 1. The SMILES string of the molecule is O=C(O)[C@H]1OC(Oc2c[nH]c3ccc(I)cc23)[C@H](O)[C@@H](O)[C@@H]1O. The third-order valence-corrected chi connectivity index (χ3v) is 4.33. The molecule has 124 valence electrons. The van der Waals surface area contributed by atoms with E-state index in [0.29, 0.717) is 5.75 Å². The standard InChI is InChI=1S/C14H14INO7/c15-5-1-2-7-6(3-5)8(4-16-7)22-14-11(19)9(17)10(18)12(23-14)13(20)21/h1-4,9-12,14,16-19H,(H,20,21)/t9-,10-,11+,12-,14?/m0/s1. The average Bonchev–Trinajstić information content (AvgIpc) is 2.89. The Morgan fingerprint density at radius 3 is 2.65 bits per heavy atom. The maximum Gasteiger partial charge on any atom is 0.335 e. The summed E-state index contributed by atoms with van der Waals surface area (Å²) < 4.78 is 11.6. The zero-order chi connectivity index (χ0) is 16.7. The van der Waals surface area contributed by atoms with Gasteiger partial charge in [0.05, 0.1) is 0 Å². The van der Waals surface area contributed by atoms with Crippen LogP contribution >= 0.6 is 22.6 Å². The molecule has 0 saturated carbocycles. The van der Waals surface area contributed by atoms with Crippen molar-refractivity contribution in [2.75, 3.05) is 0 Å². The minimum Gasteiger partial charge on any atom is -0.479 e. The highest BCUT2D eigenvalue weighted by Crippen LogP contribution is 2.30. The van der Waals surface area contributed by atoms with Gasteiger partial charge in [0.1, 0.15) is 24.1 Å². The van der Waals surface area contributed by atoms with Gasteiger partial charge in [0.2, 0.25) is 6.29 Å². The van der Waals surface area contributed by atoms with Crippen LogP contribution in [0.1, 0.15) is 0 Å². The Hall–Kier alpha value is -1.40. The zero-order valence-electron chi connectivity index (χ0n) is 11.6. The highest BCUT2D eigenvalue weighted by atomic mass is 127. The smallest absolute Gasteiger partial charge is 0.335 e. The molecule has 0 amide bonds. The van der Waals surface area contributed by atoms with E-state index in [1.807, 2.05) is 18.2 Å². The van der Waals surface area contributed by atoms with E-state index in [0.717, 1.165) is 14.5 Å². The number of carbonyl (C=O) groups is 1. The van der Waals surface area contributed by atoms with Crippen molar-refractivity contribution in [1.82, 2.24) is 4.98 Å². The molecule has 1 aliphatic rings. The second-order valence-corrected chi connectivity index (χ2v) is 6.44. The lowest BCUT2D eigenvalue weighted by Crippen LogP contribution is -2.61. The monoisotopic (exact) mass is 435 g/mol. The van der Waals surface area contributed by atoms with E-state index in [1.165, 1.54) is 0 Å². The Balaban J connectivity index is 1.88. The highest BCUT2D eigenvalue weighted by molar-refractivity contribution is 14.1. The van der Waals surface area contributed by atoms with Gasteiger partial charge in [-0.2, -0.15) is 0 Å². The maximum absolute atomic E-state index is 11.1. The predicted molar refractivity (Wildman–Crippen MR) is 86.0 cm³/mol. The Morgan fingerprint density at radius 1 is 1.22 bits per heavy atom. The topological polar surface area (TPSA) is 132 Å². The molecule has 0 spiro atoms. The number of aliphatic hydroxyl groups is 3. The Kier molecular flexibility index (Phi) is 4.47. The van der Waals surface area contributed by atoms with Crippen LogP contribution in [-0.4, -0.2) is 62.1 Å². The number of aliphatic carboxylic acids is 1. The second kappa shape index (κ2) is 6.24. The van der Waals surface area contributed by atoms with E-state index in [2.05, 4.69) is 27.6 Å². The van der Waals surface area contributed by atoms with E-state index in [9.17, 15) is 20.1 Å². The first-order valence-corrected chi connectivity index (χ1v) is 7.82. The van der Waals surface area contributed by atoms with Crippen LogP contribution in [0.2, 0.25) is 0 Å². The van der Waals surface area contributed by atoms with E-state index in [-0.39, 0.29) is 0 Å². The molecule has 2 aromatic rings. The minimum absolute atomic E-state index is 0.343. The number of halogens is 1. The summed E-state index contributed by atoms with van der Waals surface area (Å²) in [5.41, 5.74) is 0.793. The number of fused-ring (bicyclic) bond motifs is 1. The number of H-pyrrole nitrogens is 1. The molecule has 1 aromatic carbocycles. The lowest BCUT2D eigenvalue weighted by Gasteiger charge is -2.38. The van der Waals surface area contributed by atoms with Gasteiger partial charge in [-0.3, -0.25) is 0 Å². The zero-order valence-corrected chi connectivity index (χ0v) is 13.7. The van der Waals surface area contributed by atoms with E-state index in [1.54, 1.807) is 6.20 Å². The molecule has 1 unspecified atom stereocenters. The summed E-state index contributed by atoms with van der Waals surface area (Å²) in [5, 5.41) is 39.2. The molecule has 1 fully saturated rings. The van der Waals surface area contributed by atoms with Crippen LogP contribution in [-0.2, 0) is 9.53 Å². The lowest BCUT2D eigenvalue weighted by molar-refractivity contribution is -0.270. The van der Waals surface area contributed by atoms with Gasteiger partial charge in [-0.15, -0.1) is 0 Å². The molecule has 1 aromatic heterocycles. The third-order valence-electron chi connectivity index (χ3n) is 3.66. The van der Waals surface area contributed by atoms with Crippen molar-refractivity contribution in [3.63, 3.8) is 0 Å². The van der Waals surface area contributed by atoms with Crippen LogP contribution in [0.4, 0.5) is 0 Å². The molecule has 0 radical (unpaired) electrons. The summed E-state index contributed by atoms with van der Waals surface area (Å²) in [4.78, 5) is 14.1. The summed E-state index contributed by atoms with van der Waals surface area (Å²) in [6.45, 7) is 0. The molecule has 8 nitrogen and oxygen atoms in total. The summed E-state index contributed by atoms with van der Waals surface area (Å²) in [5.74, 6) is -1.11. The molecule has 23 heavy (non-hydrogen) atoms. The maximum atomic E-state index is 11.1. The fourth-order valence-corrected chi connectivity index (χ4v) is 2.93. The minimum atomic E-state index is -1.74. The first-order valence-electron chi connectivity index (χ1n) is 6.74. The van der Waals surface area contributed by atoms with Crippen LogP contribution in [0.15, 0.2) is 24.4 Å². The van der Waals surface area contributed by atoms with Crippen LogP contribution < -0.4 is 4.74 Å². The number of benzene rings is 1. The first-order chi connectivity index (χ1) is 10.9. The van der Waals surface area contributed by atoms with Crippen LogP contribution in [0.3, 0.4) is 0 Å². The van der Waals surface area contributed by atoms with E-state index in [4.69, 9.17) is 14.6 Å². The number of ether oxygens (including phenoxy) is 2. The molecule has 5 atom stereocenters. The Bertz CT molecular complexity index is 733. The summed E-state index contributed by atoms with van der Waals surface area (Å²) >= 11 is 2.13. The van der Waals surface area contributed by atoms with Crippen molar-refractivity contribution in [3.05, 3.63) is 28.0 Å². The fourth-order valence-electron chi connectivity index (χ4n) is 2.44. The van der Waals surface area contributed by atoms with Crippen molar-refractivity contribution in [2.45, 2.75) is 30.7 Å². The van der Waals surface area contributed by atoms with Crippen molar-refractivity contribution < 1.29 is 34.7 Å². The van der Waals surface area contributed by atoms with Gasteiger partial charge < -0.3 is 34.9 Å². The molecule has 3 rings (SSSR count). The van der Waals surface area contributed by atoms with Crippen molar-refractivity contribution in [2.24, 2.45) is 0 Å². The number of nitrogens with one attached hydrogen (secondary N) is 1. The molecule has 0 bridgehead atoms. The summed E-state index contributed by atoms with van der Waals surface area (Å²) in [7, 11) is 0. The molecule has 0 aliphatic carbocycles. The number of rotatable bonds is 3. The van der Waals surface area contributed by atoms with E-state index >= 15 is 0 Å². The third kappa shape index (κ3) is 3.02. The Labute approximate surface area is 143 Å². The van der Waals surface area contributed by atoms with Crippen LogP contribution in [0, 0.1) is 3.57 Å². The van der Waals surface area contributed by atoms with Gasteiger partial charge in [-0.05, 0) is 40.8 Å². The van der Waals surface area contributed by atoms with Crippen LogP contribution in [0.25, 0.3) is 10.9 Å². The van der Waals surface area contributed by atoms with Crippen LogP contribution in [0.5, 0.6) is 5.75 Å². The fraction of sp³-hybridized carbons (Fsp3) is 0.357. The molecular weight excluding hydrogens is 421 g/mol. The summed E-state index contributed by atoms with van der Waals surface area (Å²) in [6, 6.07) is 5.59. The number of hydrogen-bond acceptors (Lipinski definition) is 6. The van der Waals surface area contributed by atoms with Crippen molar-refractivity contribution >= 4 is 39.5 Å². The quantitative estimate of drug-likeness (QED) is 0.431. The number of aliphatic hydroxyl groups excluding tert-OH is 3. The Morgan fingerprint density at radius 2 is 1.96 bits per heavy atom. The number of hydrogen-bond donors (Lipinski definition) is 5. The highest BCUT2D eigenvalue weighted by Gasteiger charge is 2.48. The summed E-state index contributed by atoms with van der Waals surface area (Å²) in [6.07, 6.45) is -6.60. The van der Waals surface area contributed by atoms with Gasteiger partial charge >= 0.3 is 5.97 Å². The number of aromatic nitrogens is 1.